The molecule has 2 aromatic carbocycles. The van der Waals surface area contributed by atoms with Crippen LogP contribution in [-0.2, 0) is 21.0 Å². The third-order valence-electron chi connectivity index (χ3n) is 4.60. The topological polar surface area (TPSA) is 74.6 Å². The monoisotopic (exact) mass is 390 g/mol. The lowest BCUT2D eigenvalue weighted by Crippen LogP contribution is -2.25. The van der Waals surface area contributed by atoms with Crippen LogP contribution in [0.15, 0.2) is 41.3 Å². The van der Waals surface area contributed by atoms with Crippen molar-refractivity contribution in [2.24, 2.45) is 5.41 Å². The van der Waals surface area contributed by atoms with Crippen LogP contribution in [0, 0.1) is 12.3 Å². The highest BCUT2D eigenvalue weighted by molar-refractivity contribution is 7.90. The minimum atomic E-state index is -3.64. The number of aromatic hydroxyl groups is 2. The first-order valence-electron chi connectivity index (χ1n) is 9.06. The van der Waals surface area contributed by atoms with Gasteiger partial charge >= 0.3 is 0 Å². The Bertz CT molecular complexity index is 918. The smallest absolute Gasteiger partial charge is 0.182 e. The minimum Gasteiger partial charge on any atom is -0.508 e. The fraction of sp³-hybridized carbons (Fsp3) is 0.455. The summed E-state index contributed by atoms with van der Waals surface area (Å²) in [6, 6.07) is 9.48. The maximum atomic E-state index is 12.8. The summed E-state index contributed by atoms with van der Waals surface area (Å²) in [5.74, 6) is -0.467. The number of rotatable bonds is 5. The molecule has 0 atom stereocenters. The first-order valence-corrected chi connectivity index (χ1v) is 10.7. The first kappa shape index (κ1) is 21.3. The molecule has 2 rings (SSSR count). The third kappa shape index (κ3) is 5.25. The van der Waals surface area contributed by atoms with E-state index in [1.165, 1.54) is 12.1 Å². The Hall–Kier alpha value is -2.01. The van der Waals surface area contributed by atoms with Crippen molar-refractivity contribution in [3.8, 4) is 11.5 Å². The lowest BCUT2D eigenvalue weighted by atomic mass is 9.71. The van der Waals surface area contributed by atoms with E-state index in [-0.39, 0.29) is 33.1 Å². The van der Waals surface area contributed by atoms with Crippen molar-refractivity contribution in [1.29, 1.82) is 0 Å². The van der Waals surface area contributed by atoms with E-state index >= 15 is 0 Å². The average molecular weight is 391 g/mol. The number of benzene rings is 2. The Balaban J connectivity index is 2.47. The van der Waals surface area contributed by atoms with Crippen LogP contribution in [0.2, 0.25) is 0 Å². The van der Waals surface area contributed by atoms with Crippen LogP contribution in [-0.4, -0.2) is 18.6 Å². The molecule has 5 heteroatoms. The van der Waals surface area contributed by atoms with E-state index in [1.54, 1.807) is 24.3 Å². The van der Waals surface area contributed by atoms with Crippen molar-refractivity contribution in [3.63, 3.8) is 0 Å². The van der Waals surface area contributed by atoms with Crippen LogP contribution in [0.3, 0.4) is 0 Å². The summed E-state index contributed by atoms with van der Waals surface area (Å²) in [5.41, 5.74) is 1.33. The minimum absolute atomic E-state index is 0.00946. The van der Waals surface area contributed by atoms with Gasteiger partial charge in [0.15, 0.2) is 9.84 Å². The van der Waals surface area contributed by atoms with Crippen LogP contribution >= 0.6 is 0 Å². The molecule has 0 aliphatic heterocycles. The Morgan fingerprint density at radius 1 is 0.926 bits per heavy atom. The zero-order chi connectivity index (χ0) is 20.6. The second-order valence-corrected chi connectivity index (χ2v) is 11.2. The highest BCUT2D eigenvalue weighted by atomic mass is 32.2. The standard InChI is InChI=1S/C22H30O4S/c1-15-7-9-18(10-8-15)27(25,26)13-16-11-17(23)12-19(20(16)24)22(5,6)14-21(2,3)4/h7-12,23-24H,13-14H2,1-6H3. The number of hydrogen-bond donors (Lipinski definition) is 2. The Labute approximate surface area is 162 Å². The molecule has 0 aliphatic rings. The van der Waals surface area contributed by atoms with Gasteiger partial charge < -0.3 is 10.2 Å². The number of sulfone groups is 1. The van der Waals surface area contributed by atoms with Gasteiger partial charge in [-0.2, -0.15) is 0 Å². The summed E-state index contributed by atoms with van der Waals surface area (Å²) >= 11 is 0. The highest BCUT2D eigenvalue weighted by Crippen LogP contribution is 2.43. The number of hydrogen-bond acceptors (Lipinski definition) is 4. The van der Waals surface area contributed by atoms with Crippen LogP contribution in [0.4, 0.5) is 0 Å². The van der Waals surface area contributed by atoms with E-state index in [1.807, 2.05) is 20.8 Å². The van der Waals surface area contributed by atoms with Gasteiger partial charge in [0.05, 0.1) is 10.6 Å². The van der Waals surface area contributed by atoms with Gasteiger partial charge in [-0.1, -0.05) is 52.3 Å². The van der Waals surface area contributed by atoms with Crippen LogP contribution in [0.1, 0.15) is 57.7 Å². The molecule has 0 heterocycles. The summed E-state index contributed by atoms with van der Waals surface area (Å²) in [7, 11) is -3.64. The highest BCUT2D eigenvalue weighted by Gasteiger charge is 2.31. The molecule has 0 fully saturated rings. The number of phenols is 2. The molecule has 0 amide bonds. The van der Waals surface area contributed by atoms with Gasteiger partial charge in [0.25, 0.3) is 0 Å². The van der Waals surface area contributed by atoms with Crippen molar-refractivity contribution < 1.29 is 18.6 Å². The molecule has 4 nitrogen and oxygen atoms in total. The zero-order valence-electron chi connectivity index (χ0n) is 17.0. The fourth-order valence-corrected chi connectivity index (χ4v) is 5.11. The van der Waals surface area contributed by atoms with E-state index < -0.39 is 15.3 Å². The summed E-state index contributed by atoms with van der Waals surface area (Å²) in [6.07, 6.45) is 0.765. The van der Waals surface area contributed by atoms with Crippen molar-refractivity contribution in [1.82, 2.24) is 0 Å². The van der Waals surface area contributed by atoms with E-state index in [4.69, 9.17) is 0 Å². The SMILES string of the molecule is Cc1ccc(S(=O)(=O)Cc2cc(O)cc(C(C)(C)CC(C)(C)C)c2O)cc1. The van der Waals surface area contributed by atoms with Gasteiger partial charge in [0.2, 0.25) is 0 Å². The normalized spacial score (nSPS) is 13.0. The molecule has 2 N–H and O–H groups in total. The van der Waals surface area contributed by atoms with Gasteiger partial charge in [-0.15, -0.1) is 0 Å². The summed E-state index contributed by atoms with van der Waals surface area (Å²) in [6.45, 7) is 12.2. The molecule has 2 aromatic rings. The molecule has 0 saturated carbocycles. The quantitative estimate of drug-likeness (QED) is 0.697. The molecule has 0 unspecified atom stereocenters. The predicted molar refractivity (Wildman–Crippen MR) is 109 cm³/mol. The largest absolute Gasteiger partial charge is 0.508 e. The van der Waals surface area contributed by atoms with Gasteiger partial charge in [-0.05, 0) is 48.4 Å². The third-order valence-corrected chi connectivity index (χ3v) is 6.28. The first-order chi connectivity index (χ1) is 12.2. The van der Waals surface area contributed by atoms with E-state index in [2.05, 4.69) is 20.8 Å². The maximum Gasteiger partial charge on any atom is 0.182 e. The van der Waals surface area contributed by atoms with Gasteiger partial charge in [0, 0.05) is 11.1 Å². The van der Waals surface area contributed by atoms with E-state index in [0.717, 1.165) is 12.0 Å². The Morgan fingerprint density at radius 2 is 1.48 bits per heavy atom. The van der Waals surface area contributed by atoms with Crippen molar-refractivity contribution >= 4 is 9.84 Å². The zero-order valence-corrected chi connectivity index (χ0v) is 17.8. The molecule has 0 aliphatic carbocycles. The van der Waals surface area contributed by atoms with Crippen molar-refractivity contribution in [2.75, 3.05) is 0 Å². The van der Waals surface area contributed by atoms with Crippen molar-refractivity contribution in [3.05, 3.63) is 53.1 Å². The predicted octanol–water partition coefficient (Wildman–Crippen LogP) is 5.09. The molecule has 0 spiro atoms. The Morgan fingerprint density at radius 3 is 2.00 bits per heavy atom. The van der Waals surface area contributed by atoms with Gasteiger partial charge in [-0.3, -0.25) is 0 Å². The van der Waals surface area contributed by atoms with Gasteiger partial charge in [0.1, 0.15) is 11.5 Å². The molecule has 148 valence electrons. The maximum absolute atomic E-state index is 12.8. The van der Waals surface area contributed by atoms with Crippen LogP contribution in [0.5, 0.6) is 11.5 Å². The van der Waals surface area contributed by atoms with Gasteiger partial charge in [-0.25, -0.2) is 8.42 Å². The second kappa shape index (κ2) is 7.19. The summed E-state index contributed by atoms with van der Waals surface area (Å²) in [4.78, 5) is 0.200. The Kier molecular flexibility index (Phi) is 5.67. The lowest BCUT2D eigenvalue weighted by molar-refractivity contribution is 0.277. The van der Waals surface area contributed by atoms with Crippen LogP contribution in [0.25, 0.3) is 0 Å². The second-order valence-electron chi connectivity index (χ2n) is 9.19. The van der Waals surface area contributed by atoms with Crippen molar-refractivity contribution in [2.45, 2.75) is 64.0 Å². The molecule has 0 radical (unpaired) electrons. The van der Waals surface area contributed by atoms with E-state index in [0.29, 0.717) is 5.56 Å². The number of phenolic OH excluding ortho intramolecular Hbond substituents is 2. The lowest BCUT2D eigenvalue weighted by Gasteiger charge is -2.34. The molecular formula is C22H30O4S. The fourth-order valence-electron chi connectivity index (χ4n) is 3.76. The average Bonchev–Trinajstić information content (AvgIpc) is 2.48. The molecule has 27 heavy (non-hydrogen) atoms. The molecule has 0 bridgehead atoms. The van der Waals surface area contributed by atoms with E-state index in [9.17, 15) is 18.6 Å². The summed E-state index contributed by atoms with van der Waals surface area (Å²) in [5, 5.41) is 21.0. The molecule has 0 saturated heterocycles. The molecular weight excluding hydrogens is 360 g/mol. The number of aryl methyl sites for hydroxylation is 1. The van der Waals surface area contributed by atoms with Crippen LogP contribution < -0.4 is 0 Å². The molecule has 0 aromatic heterocycles. The summed E-state index contributed by atoms with van der Waals surface area (Å²) < 4.78 is 25.5.